The molecular formula is C15H26O4. The molecule has 19 heavy (non-hydrogen) atoms. The molecule has 0 saturated heterocycles. The van der Waals surface area contributed by atoms with Gasteiger partial charge in [0.1, 0.15) is 0 Å². The second-order valence-corrected chi connectivity index (χ2v) is 7.14. The van der Waals surface area contributed by atoms with E-state index in [4.69, 9.17) is 9.47 Å². The number of esters is 2. The number of hydrogen-bond acceptors (Lipinski definition) is 4. The van der Waals surface area contributed by atoms with Crippen LogP contribution in [0.5, 0.6) is 0 Å². The van der Waals surface area contributed by atoms with Crippen LogP contribution in [0.3, 0.4) is 0 Å². The lowest BCUT2D eigenvalue weighted by Crippen LogP contribution is -2.22. The van der Waals surface area contributed by atoms with Crippen molar-refractivity contribution >= 4 is 11.9 Å². The summed E-state index contributed by atoms with van der Waals surface area (Å²) in [5, 5.41) is 0. The Labute approximate surface area is 116 Å². The first-order chi connectivity index (χ1) is 8.41. The smallest absolute Gasteiger partial charge is 0.334 e. The molecule has 0 aliphatic heterocycles. The zero-order valence-electron chi connectivity index (χ0n) is 13.0. The normalized spacial score (nSPS) is 11.9. The first-order valence-corrected chi connectivity index (χ1v) is 6.41. The molecule has 0 N–H and O–H groups in total. The van der Waals surface area contributed by atoms with Gasteiger partial charge in [-0.05, 0) is 10.8 Å². The molecule has 0 aromatic heterocycles. The van der Waals surface area contributed by atoms with Gasteiger partial charge in [0.15, 0.2) is 0 Å². The molecule has 0 atom stereocenters. The first kappa shape index (κ1) is 17.7. The van der Waals surface area contributed by atoms with Gasteiger partial charge in [0.05, 0.1) is 19.6 Å². The molecule has 0 spiro atoms. The molecule has 0 aliphatic rings. The second kappa shape index (κ2) is 6.73. The van der Waals surface area contributed by atoms with E-state index < -0.39 is 11.9 Å². The molecule has 0 bridgehead atoms. The largest absolute Gasteiger partial charge is 0.465 e. The van der Waals surface area contributed by atoms with Gasteiger partial charge in [-0.1, -0.05) is 48.1 Å². The third-order valence-corrected chi connectivity index (χ3v) is 1.95. The van der Waals surface area contributed by atoms with Gasteiger partial charge < -0.3 is 9.47 Å². The van der Waals surface area contributed by atoms with Crippen molar-refractivity contribution in [2.24, 2.45) is 10.8 Å². The highest BCUT2D eigenvalue weighted by Gasteiger charge is 2.19. The topological polar surface area (TPSA) is 52.6 Å². The molecule has 0 aromatic rings. The lowest BCUT2D eigenvalue weighted by Gasteiger charge is -2.19. The summed E-state index contributed by atoms with van der Waals surface area (Å²) >= 11 is 0. The summed E-state index contributed by atoms with van der Waals surface area (Å²) in [6.45, 7) is 15.9. The predicted octanol–water partition coefficient (Wildman–Crippen LogP) is 3.11. The van der Waals surface area contributed by atoms with E-state index in [0.717, 1.165) is 0 Å². The van der Waals surface area contributed by atoms with E-state index in [1.807, 2.05) is 41.5 Å². The molecule has 0 fully saturated rings. The Balaban J connectivity index is 4.09. The summed E-state index contributed by atoms with van der Waals surface area (Å²) in [5.74, 6) is -0.990. The summed E-state index contributed by atoms with van der Waals surface area (Å²) in [4.78, 5) is 23.1. The van der Waals surface area contributed by atoms with Gasteiger partial charge in [0.25, 0.3) is 0 Å². The minimum absolute atomic E-state index is 0.0935. The standard InChI is InChI=1S/C15H26O4/c1-11(13(17)19-10-15(5,6)7)8-12(16)18-9-14(2,3)4/h1,8-10H2,2-7H3. The van der Waals surface area contributed by atoms with E-state index in [1.54, 1.807) is 0 Å². The first-order valence-electron chi connectivity index (χ1n) is 6.41. The van der Waals surface area contributed by atoms with Crippen LogP contribution < -0.4 is 0 Å². The van der Waals surface area contributed by atoms with Crippen molar-refractivity contribution in [1.82, 2.24) is 0 Å². The van der Waals surface area contributed by atoms with Gasteiger partial charge in [-0.3, -0.25) is 4.79 Å². The highest BCUT2D eigenvalue weighted by atomic mass is 16.5. The molecule has 4 heteroatoms. The SMILES string of the molecule is C=C(CC(=O)OCC(C)(C)C)C(=O)OCC(C)(C)C. The monoisotopic (exact) mass is 270 g/mol. The average molecular weight is 270 g/mol. The van der Waals surface area contributed by atoms with Gasteiger partial charge >= 0.3 is 11.9 Å². The lowest BCUT2D eigenvalue weighted by molar-refractivity contribution is -0.149. The van der Waals surface area contributed by atoms with Crippen molar-refractivity contribution in [1.29, 1.82) is 0 Å². The van der Waals surface area contributed by atoms with Gasteiger partial charge in [0, 0.05) is 5.57 Å². The average Bonchev–Trinajstić information content (AvgIpc) is 2.21. The summed E-state index contributed by atoms with van der Waals surface area (Å²) in [5.41, 5.74) is -0.0740. The Morgan fingerprint density at radius 3 is 1.74 bits per heavy atom. The number of carbonyl (C=O) groups is 2. The quantitative estimate of drug-likeness (QED) is 0.569. The zero-order valence-corrected chi connectivity index (χ0v) is 13.0. The third-order valence-electron chi connectivity index (χ3n) is 1.95. The number of rotatable bonds is 5. The number of carbonyl (C=O) groups excluding carboxylic acids is 2. The van der Waals surface area contributed by atoms with Crippen LogP contribution >= 0.6 is 0 Å². The fourth-order valence-corrected chi connectivity index (χ4v) is 0.979. The molecule has 4 nitrogen and oxygen atoms in total. The van der Waals surface area contributed by atoms with Crippen molar-refractivity contribution in [3.63, 3.8) is 0 Å². The Kier molecular flexibility index (Phi) is 6.27. The second-order valence-electron chi connectivity index (χ2n) is 7.14. The van der Waals surface area contributed by atoms with Gasteiger partial charge in [-0.15, -0.1) is 0 Å². The number of hydrogen-bond donors (Lipinski definition) is 0. The van der Waals surface area contributed by atoms with Crippen molar-refractivity contribution in [2.45, 2.75) is 48.0 Å². The summed E-state index contributed by atoms with van der Waals surface area (Å²) in [6, 6.07) is 0. The molecule has 0 aromatic carbocycles. The van der Waals surface area contributed by atoms with Crippen LogP contribution in [0.1, 0.15) is 48.0 Å². The lowest BCUT2D eigenvalue weighted by atomic mass is 9.98. The van der Waals surface area contributed by atoms with Crippen molar-refractivity contribution in [3.8, 4) is 0 Å². The predicted molar refractivity (Wildman–Crippen MR) is 74.6 cm³/mol. The Morgan fingerprint density at radius 2 is 1.32 bits per heavy atom. The van der Waals surface area contributed by atoms with E-state index in [1.165, 1.54) is 0 Å². The van der Waals surface area contributed by atoms with E-state index in [-0.39, 0.29) is 22.8 Å². The van der Waals surface area contributed by atoms with Crippen LogP contribution in [0.2, 0.25) is 0 Å². The molecule has 0 heterocycles. The van der Waals surface area contributed by atoms with E-state index in [2.05, 4.69) is 6.58 Å². The Hall–Kier alpha value is -1.32. The van der Waals surface area contributed by atoms with E-state index >= 15 is 0 Å². The highest BCUT2D eigenvalue weighted by molar-refractivity contribution is 5.93. The molecule has 0 amide bonds. The summed E-state index contributed by atoms with van der Waals surface area (Å²) in [7, 11) is 0. The number of ether oxygens (including phenoxy) is 2. The zero-order chi connectivity index (χ0) is 15.3. The molecule has 0 rings (SSSR count). The molecule has 0 unspecified atom stereocenters. The molecule has 0 saturated carbocycles. The van der Waals surface area contributed by atoms with E-state index in [9.17, 15) is 9.59 Å². The van der Waals surface area contributed by atoms with Crippen molar-refractivity contribution in [2.75, 3.05) is 13.2 Å². The summed E-state index contributed by atoms with van der Waals surface area (Å²) in [6.07, 6.45) is -0.126. The third kappa shape index (κ3) is 10.3. The maximum Gasteiger partial charge on any atom is 0.334 e. The molecular weight excluding hydrogens is 244 g/mol. The maximum atomic E-state index is 11.6. The van der Waals surface area contributed by atoms with Crippen LogP contribution in [0.4, 0.5) is 0 Å². The van der Waals surface area contributed by atoms with Gasteiger partial charge in [-0.25, -0.2) is 4.79 Å². The van der Waals surface area contributed by atoms with Gasteiger partial charge in [0.2, 0.25) is 0 Å². The Bertz CT molecular complexity index is 342. The van der Waals surface area contributed by atoms with Crippen molar-refractivity contribution in [3.05, 3.63) is 12.2 Å². The maximum absolute atomic E-state index is 11.6. The highest BCUT2D eigenvalue weighted by Crippen LogP contribution is 2.16. The van der Waals surface area contributed by atoms with Crippen LogP contribution in [-0.4, -0.2) is 25.2 Å². The molecule has 0 radical (unpaired) electrons. The van der Waals surface area contributed by atoms with Crippen LogP contribution in [0, 0.1) is 10.8 Å². The minimum atomic E-state index is -0.539. The fourth-order valence-electron chi connectivity index (χ4n) is 0.979. The van der Waals surface area contributed by atoms with E-state index in [0.29, 0.717) is 13.2 Å². The van der Waals surface area contributed by atoms with Crippen LogP contribution in [0.25, 0.3) is 0 Å². The van der Waals surface area contributed by atoms with Crippen LogP contribution in [-0.2, 0) is 19.1 Å². The van der Waals surface area contributed by atoms with Crippen molar-refractivity contribution < 1.29 is 19.1 Å². The molecule has 110 valence electrons. The van der Waals surface area contributed by atoms with Crippen LogP contribution in [0.15, 0.2) is 12.2 Å². The minimum Gasteiger partial charge on any atom is -0.465 e. The summed E-state index contributed by atoms with van der Waals surface area (Å²) < 4.78 is 10.1. The fraction of sp³-hybridized carbons (Fsp3) is 0.733. The molecule has 0 aliphatic carbocycles. The van der Waals surface area contributed by atoms with Gasteiger partial charge in [-0.2, -0.15) is 0 Å². The Morgan fingerprint density at radius 1 is 0.895 bits per heavy atom.